The van der Waals surface area contributed by atoms with E-state index in [4.69, 9.17) is 32.7 Å². The average molecular weight is 526 g/mol. The van der Waals surface area contributed by atoms with Crippen molar-refractivity contribution in [3.8, 4) is 11.5 Å². The van der Waals surface area contributed by atoms with Crippen molar-refractivity contribution >= 4 is 46.5 Å². The molecule has 0 saturated carbocycles. The Kier molecular flexibility index (Phi) is 8.28. The molecule has 2 atom stereocenters. The number of carbonyl (C=O) groups excluding carboxylic acids is 3. The van der Waals surface area contributed by atoms with Crippen molar-refractivity contribution in [3.63, 3.8) is 0 Å². The molecule has 4 rings (SSSR count). The number of esters is 1. The van der Waals surface area contributed by atoms with Gasteiger partial charge in [-0.15, -0.1) is 11.6 Å². The van der Waals surface area contributed by atoms with Crippen LogP contribution < -0.4 is 9.64 Å². The number of hydrogen-bond donors (Lipinski definition) is 0. The van der Waals surface area contributed by atoms with Crippen LogP contribution in [0.3, 0.4) is 0 Å². The summed E-state index contributed by atoms with van der Waals surface area (Å²) in [5, 5.41) is 0.497. The molecule has 0 aliphatic carbocycles. The highest BCUT2D eigenvalue weighted by molar-refractivity contribution is 6.30. The number of anilines is 1. The fourth-order valence-electron chi connectivity index (χ4n) is 3.93. The number of hydrogen-bond acceptors (Lipinski definition) is 5. The second-order valence-electron chi connectivity index (χ2n) is 8.59. The van der Waals surface area contributed by atoms with Crippen molar-refractivity contribution in [1.29, 1.82) is 0 Å². The minimum Gasteiger partial charge on any atom is -0.457 e. The molecule has 0 N–H and O–H groups in total. The van der Waals surface area contributed by atoms with Gasteiger partial charge in [-0.25, -0.2) is 0 Å². The minimum atomic E-state index is -1.03. The van der Waals surface area contributed by atoms with E-state index >= 15 is 0 Å². The van der Waals surface area contributed by atoms with E-state index in [2.05, 4.69) is 0 Å². The summed E-state index contributed by atoms with van der Waals surface area (Å²) in [5.74, 6) is -0.334. The quantitative estimate of drug-likeness (QED) is 0.188. The molecule has 1 heterocycles. The molecule has 0 unspecified atom stereocenters. The van der Waals surface area contributed by atoms with Crippen LogP contribution in [0, 0.1) is 12.8 Å². The first-order valence-electron chi connectivity index (χ1n) is 11.5. The maximum atomic E-state index is 12.9. The van der Waals surface area contributed by atoms with E-state index in [1.807, 2.05) is 31.2 Å². The summed E-state index contributed by atoms with van der Waals surface area (Å²) in [4.78, 5) is 40.0. The maximum Gasteiger partial charge on any atom is 0.312 e. The summed E-state index contributed by atoms with van der Waals surface area (Å²) in [6, 6.07) is 21.1. The molecule has 6 nitrogen and oxygen atoms in total. The lowest BCUT2D eigenvalue weighted by Crippen LogP contribution is -2.32. The third-order valence-electron chi connectivity index (χ3n) is 5.91. The summed E-state index contributed by atoms with van der Waals surface area (Å²) in [6.07, 6.45) is -0.858. The van der Waals surface area contributed by atoms with Gasteiger partial charge in [0.15, 0.2) is 6.10 Å². The van der Waals surface area contributed by atoms with E-state index in [0.29, 0.717) is 27.8 Å². The van der Waals surface area contributed by atoms with E-state index in [1.54, 1.807) is 53.4 Å². The van der Waals surface area contributed by atoms with Gasteiger partial charge in [0, 0.05) is 41.5 Å². The van der Waals surface area contributed by atoms with E-state index < -0.39 is 18.0 Å². The first-order valence-corrected chi connectivity index (χ1v) is 12.5. The number of ether oxygens (including phenoxy) is 2. The third-order valence-corrected chi connectivity index (χ3v) is 6.38. The number of benzene rings is 3. The molecule has 3 aromatic carbocycles. The van der Waals surface area contributed by atoms with Gasteiger partial charge >= 0.3 is 5.97 Å². The highest BCUT2D eigenvalue weighted by atomic mass is 35.5. The Morgan fingerprint density at radius 1 is 0.972 bits per heavy atom. The fourth-order valence-corrected chi connectivity index (χ4v) is 4.25. The molecule has 8 heteroatoms. The summed E-state index contributed by atoms with van der Waals surface area (Å²) >= 11 is 11.8. The summed E-state index contributed by atoms with van der Waals surface area (Å²) in [7, 11) is 0. The highest BCUT2D eigenvalue weighted by Crippen LogP contribution is 2.30. The third kappa shape index (κ3) is 6.25. The van der Waals surface area contributed by atoms with Crippen LogP contribution in [-0.2, 0) is 14.3 Å². The number of alkyl halides is 1. The van der Waals surface area contributed by atoms with Gasteiger partial charge in [-0.05, 0) is 67.6 Å². The lowest BCUT2D eigenvalue weighted by Gasteiger charge is -2.19. The van der Waals surface area contributed by atoms with Crippen molar-refractivity contribution in [2.24, 2.45) is 5.92 Å². The Morgan fingerprint density at radius 3 is 2.19 bits per heavy atom. The summed E-state index contributed by atoms with van der Waals surface area (Å²) < 4.78 is 11.4. The molecule has 0 radical (unpaired) electrons. The standard InChI is InChI=1S/C28H25Cl2NO5/c1-18-2-10-23(11-3-18)35-24-12-8-22(9-13-24)31-17-20(16-26(31)32)28(34)36-25(14-15-29)27(33)19-4-6-21(30)7-5-19/h2-13,20,25H,14-17H2,1H3/t20-,25+/m1/s1. The molecule has 3 aromatic rings. The second-order valence-corrected chi connectivity index (χ2v) is 9.40. The zero-order valence-electron chi connectivity index (χ0n) is 19.7. The number of aryl methyl sites for hydroxylation is 1. The predicted octanol–water partition coefficient (Wildman–Crippen LogP) is 6.22. The van der Waals surface area contributed by atoms with Crippen molar-refractivity contribution in [1.82, 2.24) is 0 Å². The van der Waals surface area contributed by atoms with Crippen LogP contribution in [0.4, 0.5) is 5.69 Å². The van der Waals surface area contributed by atoms with Crippen LogP contribution in [0.5, 0.6) is 11.5 Å². The topological polar surface area (TPSA) is 72.9 Å². The monoisotopic (exact) mass is 525 g/mol. The second kappa shape index (κ2) is 11.6. The first-order chi connectivity index (χ1) is 17.3. The number of Topliss-reactive ketones (excluding diaryl/α,β-unsaturated/α-hetero) is 1. The maximum absolute atomic E-state index is 12.9. The molecule has 0 aromatic heterocycles. The van der Waals surface area contributed by atoms with Crippen LogP contribution in [-0.4, -0.2) is 36.2 Å². The first kappa shape index (κ1) is 25.7. The van der Waals surface area contributed by atoms with E-state index in [0.717, 1.165) is 5.56 Å². The Labute approximate surface area is 219 Å². The summed E-state index contributed by atoms with van der Waals surface area (Å²) in [5.41, 5.74) is 2.17. The molecule has 1 aliphatic rings. The van der Waals surface area contributed by atoms with Crippen LogP contribution in [0.1, 0.15) is 28.8 Å². The van der Waals surface area contributed by atoms with Gasteiger partial charge in [-0.2, -0.15) is 0 Å². The zero-order chi connectivity index (χ0) is 25.7. The lowest BCUT2D eigenvalue weighted by molar-refractivity contribution is -0.151. The van der Waals surface area contributed by atoms with Crippen LogP contribution in [0.15, 0.2) is 72.8 Å². The van der Waals surface area contributed by atoms with Gasteiger partial charge < -0.3 is 14.4 Å². The van der Waals surface area contributed by atoms with Crippen molar-refractivity contribution < 1.29 is 23.9 Å². The van der Waals surface area contributed by atoms with Gasteiger partial charge in [-0.1, -0.05) is 29.3 Å². The SMILES string of the molecule is Cc1ccc(Oc2ccc(N3C[C@H](C(=O)O[C@@H](CCCl)C(=O)c4ccc(Cl)cc4)CC3=O)cc2)cc1. The van der Waals surface area contributed by atoms with Gasteiger partial charge in [0.05, 0.1) is 5.92 Å². The number of nitrogens with zero attached hydrogens (tertiary/aromatic N) is 1. The number of amides is 1. The minimum absolute atomic E-state index is 0.00316. The molecule has 1 fully saturated rings. The van der Waals surface area contributed by atoms with E-state index in [1.165, 1.54) is 0 Å². The largest absolute Gasteiger partial charge is 0.457 e. The van der Waals surface area contributed by atoms with E-state index in [9.17, 15) is 14.4 Å². The zero-order valence-corrected chi connectivity index (χ0v) is 21.2. The Morgan fingerprint density at radius 2 is 1.58 bits per heavy atom. The molecule has 0 bridgehead atoms. The van der Waals surface area contributed by atoms with Crippen molar-refractivity contribution in [2.75, 3.05) is 17.3 Å². The Balaban J connectivity index is 1.39. The normalized spacial score (nSPS) is 16.0. The molecule has 186 valence electrons. The smallest absolute Gasteiger partial charge is 0.312 e. The number of halogens is 2. The molecule has 1 amide bonds. The summed E-state index contributed by atoms with van der Waals surface area (Å²) in [6.45, 7) is 2.17. The Bertz CT molecular complexity index is 1230. The lowest BCUT2D eigenvalue weighted by atomic mass is 10.0. The molecule has 1 saturated heterocycles. The van der Waals surface area contributed by atoms with Crippen LogP contribution in [0.25, 0.3) is 0 Å². The average Bonchev–Trinajstić information content (AvgIpc) is 3.27. The predicted molar refractivity (Wildman–Crippen MR) is 139 cm³/mol. The number of carbonyl (C=O) groups is 3. The molecular formula is C28H25Cl2NO5. The van der Waals surface area contributed by atoms with Crippen LogP contribution >= 0.6 is 23.2 Å². The van der Waals surface area contributed by atoms with E-state index in [-0.39, 0.29) is 37.0 Å². The molecular weight excluding hydrogens is 501 g/mol. The van der Waals surface area contributed by atoms with Crippen molar-refractivity contribution in [2.45, 2.75) is 25.9 Å². The molecule has 1 aliphatic heterocycles. The highest BCUT2D eigenvalue weighted by Gasteiger charge is 2.38. The molecule has 0 spiro atoms. The van der Waals surface area contributed by atoms with Gasteiger partial charge in [0.25, 0.3) is 0 Å². The van der Waals surface area contributed by atoms with Gasteiger partial charge in [0.2, 0.25) is 11.7 Å². The van der Waals surface area contributed by atoms with Gasteiger partial charge in [-0.3, -0.25) is 14.4 Å². The fraction of sp³-hybridized carbons (Fsp3) is 0.250. The van der Waals surface area contributed by atoms with Crippen molar-refractivity contribution in [3.05, 3.63) is 88.9 Å². The number of ketones is 1. The van der Waals surface area contributed by atoms with Gasteiger partial charge in [0.1, 0.15) is 11.5 Å². The Hall–Kier alpha value is -3.35. The number of rotatable bonds is 9. The molecule has 36 heavy (non-hydrogen) atoms. The van der Waals surface area contributed by atoms with Crippen LogP contribution in [0.2, 0.25) is 5.02 Å².